The Hall–Kier alpha value is -8.60. The minimum absolute atomic E-state index is 0.182. The number of hydrogen-bond donors (Lipinski definition) is 0. The Balaban J connectivity index is 1.00. The third kappa shape index (κ3) is 5.60. The predicted octanol–water partition coefficient (Wildman–Crippen LogP) is 17.1. The molecule has 4 nitrogen and oxygen atoms in total. The number of benzene rings is 10. The molecule has 316 valence electrons. The van der Waals surface area contributed by atoms with Gasteiger partial charge in [-0.05, 0) is 149 Å². The van der Waals surface area contributed by atoms with Crippen LogP contribution < -0.4 is 9.80 Å². The summed E-state index contributed by atoms with van der Waals surface area (Å²) in [5, 5.41) is 4.94. The zero-order chi connectivity index (χ0) is 44.4. The standard InChI is InChI=1S/C63H44N4/c1-63(2)57-32-28-47-37-54(57)55-38-48(29-33-58(55)63)65(50-27-31-53-51-23-9-11-25-59(51)67(62(53)40-50)44-19-7-4-8-20-44)46-22-14-16-42(36-46)41-15-13-21-45(35-41)64(47)49-30-34-61-56(39-49)52-24-10-12-26-60(52)66(61)43-17-5-3-6-18-43/h3-40H,1-2H3. The van der Waals surface area contributed by atoms with Gasteiger partial charge in [-0.2, -0.15) is 0 Å². The number of hydrogen-bond acceptors (Lipinski definition) is 2. The van der Waals surface area contributed by atoms with Crippen molar-refractivity contribution in [3.8, 4) is 33.6 Å². The maximum absolute atomic E-state index is 2.45. The van der Waals surface area contributed by atoms with Crippen molar-refractivity contribution in [2.24, 2.45) is 0 Å². The fourth-order valence-electron chi connectivity index (χ4n) is 11.5. The Morgan fingerprint density at radius 1 is 0.269 bits per heavy atom. The summed E-state index contributed by atoms with van der Waals surface area (Å²) in [7, 11) is 0. The van der Waals surface area contributed by atoms with Crippen LogP contribution in [0.5, 0.6) is 0 Å². The van der Waals surface area contributed by atoms with E-state index in [9.17, 15) is 0 Å². The Morgan fingerprint density at radius 3 is 1.25 bits per heavy atom. The molecule has 0 spiro atoms. The zero-order valence-corrected chi connectivity index (χ0v) is 37.2. The van der Waals surface area contributed by atoms with Crippen LogP contribution in [0.15, 0.2) is 231 Å². The molecule has 0 atom stereocenters. The molecule has 3 heterocycles. The van der Waals surface area contributed by atoms with Gasteiger partial charge in [-0.3, -0.25) is 0 Å². The van der Waals surface area contributed by atoms with Crippen molar-refractivity contribution in [2.45, 2.75) is 19.3 Å². The van der Waals surface area contributed by atoms with Gasteiger partial charge in [0, 0.05) is 72.5 Å². The molecule has 8 bridgehead atoms. The first kappa shape index (κ1) is 37.7. The second-order valence-corrected chi connectivity index (χ2v) is 18.6. The van der Waals surface area contributed by atoms with Gasteiger partial charge in [0.05, 0.1) is 22.1 Å². The van der Waals surface area contributed by atoms with Gasteiger partial charge in [-0.25, -0.2) is 0 Å². The molecule has 1 aliphatic carbocycles. The van der Waals surface area contributed by atoms with E-state index in [0.29, 0.717) is 0 Å². The fraction of sp³-hybridized carbons (Fsp3) is 0.0476. The Morgan fingerprint density at radius 2 is 0.672 bits per heavy atom. The molecule has 14 rings (SSSR count). The Kier molecular flexibility index (Phi) is 8.00. The van der Waals surface area contributed by atoms with Gasteiger partial charge in [-0.15, -0.1) is 0 Å². The maximum Gasteiger partial charge on any atom is 0.0561 e. The molecule has 4 heteroatoms. The van der Waals surface area contributed by atoms with Crippen LogP contribution in [0, 0.1) is 0 Å². The molecule has 0 N–H and O–H groups in total. The van der Waals surface area contributed by atoms with E-state index in [2.05, 4.69) is 263 Å². The van der Waals surface area contributed by atoms with Crippen LogP contribution in [0.25, 0.3) is 77.2 Å². The summed E-state index contributed by atoms with van der Waals surface area (Å²) in [5.74, 6) is 0. The van der Waals surface area contributed by atoms with Gasteiger partial charge in [0.15, 0.2) is 0 Å². The molecule has 67 heavy (non-hydrogen) atoms. The van der Waals surface area contributed by atoms with Crippen LogP contribution in [0.1, 0.15) is 25.0 Å². The van der Waals surface area contributed by atoms with Gasteiger partial charge in [0.2, 0.25) is 0 Å². The third-order valence-corrected chi connectivity index (χ3v) is 14.6. The van der Waals surface area contributed by atoms with Crippen LogP contribution in [0.4, 0.5) is 34.1 Å². The van der Waals surface area contributed by atoms with E-state index < -0.39 is 0 Å². The lowest BCUT2D eigenvalue weighted by molar-refractivity contribution is 0.660. The molecule has 0 saturated heterocycles. The highest BCUT2D eigenvalue weighted by Crippen LogP contribution is 2.53. The first-order chi connectivity index (χ1) is 33.0. The van der Waals surface area contributed by atoms with Crippen LogP contribution in [0.2, 0.25) is 0 Å². The molecular weight excluding hydrogens is 813 g/mol. The van der Waals surface area contributed by atoms with Crippen molar-refractivity contribution in [2.75, 3.05) is 9.80 Å². The number of nitrogens with zero attached hydrogens (tertiary/aromatic N) is 4. The van der Waals surface area contributed by atoms with E-state index in [-0.39, 0.29) is 5.41 Å². The van der Waals surface area contributed by atoms with Crippen LogP contribution in [-0.4, -0.2) is 9.13 Å². The molecule has 0 unspecified atom stereocenters. The lowest BCUT2D eigenvalue weighted by Crippen LogP contribution is -2.16. The van der Waals surface area contributed by atoms with Crippen molar-refractivity contribution in [1.29, 1.82) is 0 Å². The normalized spacial score (nSPS) is 13.6. The number of para-hydroxylation sites is 4. The van der Waals surface area contributed by atoms with Gasteiger partial charge in [-0.1, -0.05) is 129 Å². The van der Waals surface area contributed by atoms with Gasteiger partial charge in [0.25, 0.3) is 0 Å². The molecule has 12 aromatic rings. The maximum atomic E-state index is 2.45. The largest absolute Gasteiger partial charge is 0.310 e. The molecule has 0 amide bonds. The summed E-state index contributed by atoms with van der Waals surface area (Å²) in [5.41, 5.74) is 21.1. The number of rotatable bonds is 4. The van der Waals surface area contributed by atoms with Crippen molar-refractivity contribution in [3.63, 3.8) is 0 Å². The minimum atomic E-state index is -0.182. The van der Waals surface area contributed by atoms with E-state index in [1.165, 1.54) is 65.9 Å². The van der Waals surface area contributed by atoms with Crippen molar-refractivity contribution in [3.05, 3.63) is 242 Å². The lowest BCUT2D eigenvalue weighted by atomic mass is 9.82. The van der Waals surface area contributed by atoms with Gasteiger partial charge in [0.1, 0.15) is 0 Å². The third-order valence-electron chi connectivity index (χ3n) is 14.6. The topological polar surface area (TPSA) is 16.3 Å². The number of fused-ring (bicyclic) bond motifs is 13. The summed E-state index contributed by atoms with van der Waals surface area (Å²) >= 11 is 0. The first-order valence-corrected chi connectivity index (χ1v) is 23.3. The smallest absolute Gasteiger partial charge is 0.0561 e. The quantitative estimate of drug-likeness (QED) is 0.175. The van der Waals surface area contributed by atoms with Crippen LogP contribution in [0.3, 0.4) is 0 Å². The van der Waals surface area contributed by atoms with E-state index in [4.69, 9.17) is 0 Å². The average Bonchev–Trinajstić information content (AvgIpc) is 3.96. The van der Waals surface area contributed by atoms with E-state index in [1.807, 2.05) is 0 Å². The summed E-state index contributed by atoms with van der Waals surface area (Å²) in [6.45, 7) is 4.75. The van der Waals surface area contributed by atoms with E-state index in [0.717, 1.165) is 56.6 Å². The second-order valence-electron chi connectivity index (χ2n) is 18.6. The first-order valence-electron chi connectivity index (χ1n) is 23.3. The molecule has 0 saturated carbocycles. The van der Waals surface area contributed by atoms with Gasteiger partial charge < -0.3 is 18.9 Å². The highest BCUT2D eigenvalue weighted by molar-refractivity contribution is 6.12. The minimum Gasteiger partial charge on any atom is -0.310 e. The predicted molar refractivity (Wildman–Crippen MR) is 281 cm³/mol. The summed E-state index contributed by atoms with van der Waals surface area (Å²) in [6, 6.07) is 85.4. The SMILES string of the molecule is CC1(C)c2ccc3cc2-c2cc(ccc21)N(c1ccc2c4ccccc4n(-c4ccccc4)c2c1)c1cccc(c1)-c1cccc(c1)N3c1ccc2c(c1)c1ccccc1n2-c1ccccc1. The van der Waals surface area contributed by atoms with Crippen LogP contribution in [-0.2, 0) is 5.41 Å². The summed E-state index contributed by atoms with van der Waals surface area (Å²) in [6.07, 6.45) is 0. The molecule has 1 aliphatic heterocycles. The van der Waals surface area contributed by atoms with Crippen molar-refractivity contribution < 1.29 is 0 Å². The molecule has 2 aromatic heterocycles. The van der Waals surface area contributed by atoms with Crippen molar-refractivity contribution in [1.82, 2.24) is 9.13 Å². The summed E-state index contributed by atoms with van der Waals surface area (Å²) < 4.78 is 4.80. The molecule has 0 fully saturated rings. The fourth-order valence-corrected chi connectivity index (χ4v) is 11.5. The Labute approximate surface area is 389 Å². The molecule has 2 aliphatic rings. The summed E-state index contributed by atoms with van der Waals surface area (Å²) in [4.78, 5) is 4.91. The molecule has 10 aromatic carbocycles. The Bertz CT molecular complexity index is 3970. The van der Waals surface area contributed by atoms with Gasteiger partial charge >= 0.3 is 0 Å². The highest BCUT2D eigenvalue weighted by Gasteiger charge is 2.37. The number of anilines is 6. The molecule has 0 radical (unpaired) electrons. The lowest BCUT2D eigenvalue weighted by Gasteiger charge is -2.28. The second kappa shape index (κ2) is 14.2. The van der Waals surface area contributed by atoms with Crippen LogP contribution >= 0.6 is 0 Å². The number of aromatic nitrogens is 2. The van der Waals surface area contributed by atoms with Crippen molar-refractivity contribution >= 4 is 77.7 Å². The highest BCUT2D eigenvalue weighted by atomic mass is 15.2. The molecular formula is C63H44N4. The van der Waals surface area contributed by atoms with E-state index >= 15 is 0 Å². The van der Waals surface area contributed by atoms with E-state index in [1.54, 1.807) is 0 Å². The zero-order valence-electron chi connectivity index (χ0n) is 37.2. The average molecular weight is 857 g/mol. The monoisotopic (exact) mass is 856 g/mol.